The zero-order valence-corrected chi connectivity index (χ0v) is 10.2. The van der Waals surface area contributed by atoms with E-state index in [4.69, 9.17) is 10.5 Å². The monoisotopic (exact) mass is 262 g/mol. The van der Waals surface area contributed by atoms with Crippen LogP contribution in [0, 0.1) is 17.5 Å². The maximum atomic E-state index is 13.4. The number of halogens is 3. The van der Waals surface area contributed by atoms with E-state index in [1.165, 1.54) is 7.11 Å². The van der Waals surface area contributed by atoms with E-state index in [0.29, 0.717) is 32.1 Å². The molecule has 102 valence electrons. The first-order chi connectivity index (χ1) is 8.58. The van der Waals surface area contributed by atoms with Gasteiger partial charge in [0.2, 0.25) is 0 Å². The van der Waals surface area contributed by atoms with Gasteiger partial charge in [0.1, 0.15) is 5.82 Å². The van der Waals surface area contributed by atoms with Crippen molar-refractivity contribution >= 4 is 5.69 Å². The zero-order chi connectivity index (χ0) is 13.5. The number of hydrogen-bond donors (Lipinski definition) is 2. The van der Waals surface area contributed by atoms with Crippen molar-refractivity contribution in [2.24, 2.45) is 5.73 Å². The van der Waals surface area contributed by atoms with Crippen LogP contribution < -0.4 is 11.1 Å². The van der Waals surface area contributed by atoms with Gasteiger partial charge in [-0.1, -0.05) is 0 Å². The lowest BCUT2D eigenvalue weighted by molar-refractivity contribution is 0.182. The Morgan fingerprint density at radius 3 is 2.67 bits per heavy atom. The highest BCUT2D eigenvalue weighted by atomic mass is 19.2. The number of rotatable bonds is 7. The number of hydrogen-bond acceptors (Lipinski definition) is 3. The molecule has 0 aromatic heterocycles. The molecule has 1 atom stereocenters. The Morgan fingerprint density at radius 2 is 2.06 bits per heavy atom. The van der Waals surface area contributed by atoms with Crippen molar-refractivity contribution in [3.63, 3.8) is 0 Å². The molecule has 0 saturated heterocycles. The molecule has 1 rings (SSSR count). The summed E-state index contributed by atoms with van der Waals surface area (Å²) in [6.07, 6.45) is 1.34. The molecule has 0 fully saturated rings. The first-order valence-electron chi connectivity index (χ1n) is 5.68. The SMILES string of the molecule is COCC(CCCN)Nc1cc(F)cc(F)c1F. The van der Waals surface area contributed by atoms with E-state index < -0.39 is 17.5 Å². The lowest BCUT2D eigenvalue weighted by Crippen LogP contribution is -2.26. The lowest BCUT2D eigenvalue weighted by Gasteiger charge is -2.19. The smallest absolute Gasteiger partial charge is 0.182 e. The fourth-order valence-corrected chi connectivity index (χ4v) is 1.64. The van der Waals surface area contributed by atoms with E-state index >= 15 is 0 Å². The molecule has 0 bridgehead atoms. The second kappa shape index (κ2) is 7.23. The lowest BCUT2D eigenvalue weighted by atomic mass is 10.1. The van der Waals surface area contributed by atoms with Crippen molar-refractivity contribution in [1.82, 2.24) is 0 Å². The highest BCUT2D eigenvalue weighted by molar-refractivity contribution is 5.46. The number of methoxy groups -OCH3 is 1. The van der Waals surface area contributed by atoms with Crippen LogP contribution in [0.3, 0.4) is 0 Å². The third-order valence-electron chi connectivity index (χ3n) is 2.48. The summed E-state index contributed by atoms with van der Waals surface area (Å²) < 4.78 is 44.4. The van der Waals surface area contributed by atoms with Crippen LogP contribution in [-0.4, -0.2) is 26.3 Å². The van der Waals surface area contributed by atoms with Gasteiger partial charge >= 0.3 is 0 Å². The molecule has 0 spiro atoms. The summed E-state index contributed by atoms with van der Waals surface area (Å²) in [5, 5.41) is 2.73. The molecule has 3 N–H and O–H groups in total. The standard InChI is InChI=1S/C12H17F3N2O/c1-18-7-9(3-2-4-16)17-11-6-8(13)5-10(14)12(11)15/h5-6,9,17H,2-4,7,16H2,1H3. The van der Waals surface area contributed by atoms with Crippen LogP contribution in [0.25, 0.3) is 0 Å². The van der Waals surface area contributed by atoms with Gasteiger partial charge in [0.25, 0.3) is 0 Å². The maximum absolute atomic E-state index is 13.4. The maximum Gasteiger partial charge on any atom is 0.182 e. The van der Waals surface area contributed by atoms with Crippen molar-refractivity contribution in [3.05, 3.63) is 29.6 Å². The van der Waals surface area contributed by atoms with Crippen LogP contribution in [0.2, 0.25) is 0 Å². The van der Waals surface area contributed by atoms with Gasteiger partial charge in [-0.3, -0.25) is 0 Å². The molecule has 0 radical (unpaired) electrons. The fraction of sp³-hybridized carbons (Fsp3) is 0.500. The summed E-state index contributed by atoms with van der Waals surface area (Å²) in [5.41, 5.74) is 5.18. The van der Waals surface area contributed by atoms with Gasteiger partial charge in [-0.25, -0.2) is 13.2 Å². The van der Waals surface area contributed by atoms with Crippen LogP contribution in [-0.2, 0) is 4.74 Å². The molecule has 1 unspecified atom stereocenters. The van der Waals surface area contributed by atoms with Crippen molar-refractivity contribution in [2.75, 3.05) is 25.6 Å². The van der Waals surface area contributed by atoms with Gasteiger partial charge in [-0.15, -0.1) is 0 Å². The average Bonchev–Trinajstić information content (AvgIpc) is 2.32. The summed E-state index contributed by atoms with van der Waals surface area (Å²) in [7, 11) is 1.50. The van der Waals surface area contributed by atoms with E-state index in [9.17, 15) is 13.2 Å². The minimum absolute atomic E-state index is 0.202. The van der Waals surface area contributed by atoms with Crippen molar-refractivity contribution in [2.45, 2.75) is 18.9 Å². The van der Waals surface area contributed by atoms with E-state index in [2.05, 4.69) is 5.32 Å². The van der Waals surface area contributed by atoms with Gasteiger partial charge in [0.15, 0.2) is 11.6 Å². The van der Waals surface area contributed by atoms with Crippen LogP contribution in [0.5, 0.6) is 0 Å². The third-order valence-corrected chi connectivity index (χ3v) is 2.48. The molecule has 0 aliphatic rings. The van der Waals surface area contributed by atoms with Crippen molar-refractivity contribution in [3.8, 4) is 0 Å². The number of benzene rings is 1. The van der Waals surface area contributed by atoms with Crippen molar-refractivity contribution < 1.29 is 17.9 Å². The molecule has 1 aromatic rings. The van der Waals surface area contributed by atoms with E-state index in [-0.39, 0.29) is 11.7 Å². The van der Waals surface area contributed by atoms with Crippen LogP contribution in [0.4, 0.5) is 18.9 Å². The Morgan fingerprint density at radius 1 is 1.33 bits per heavy atom. The predicted molar refractivity (Wildman–Crippen MR) is 63.9 cm³/mol. The number of anilines is 1. The van der Waals surface area contributed by atoms with Gasteiger partial charge < -0.3 is 15.8 Å². The van der Waals surface area contributed by atoms with Crippen molar-refractivity contribution in [1.29, 1.82) is 0 Å². The normalized spacial score (nSPS) is 12.5. The molecule has 3 nitrogen and oxygen atoms in total. The predicted octanol–water partition coefficient (Wildman–Crippen LogP) is 2.27. The van der Waals surface area contributed by atoms with E-state index in [1.54, 1.807) is 0 Å². The fourth-order valence-electron chi connectivity index (χ4n) is 1.64. The van der Waals surface area contributed by atoms with Gasteiger partial charge in [-0.05, 0) is 19.4 Å². The highest BCUT2D eigenvalue weighted by Gasteiger charge is 2.15. The molecule has 1 aromatic carbocycles. The van der Waals surface area contributed by atoms with Crippen LogP contribution in [0.1, 0.15) is 12.8 Å². The van der Waals surface area contributed by atoms with Crippen LogP contribution in [0.15, 0.2) is 12.1 Å². The molecular formula is C12H17F3N2O. The molecule has 0 heterocycles. The van der Waals surface area contributed by atoms with Crippen LogP contribution >= 0.6 is 0 Å². The van der Waals surface area contributed by atoms with E-state index in [1.807, 2.05) is 0 Å². The molecular weight excluding hydrogens is 245 g/mol. The number of ether oxygens (including phenoxy) is 1. The average molecular weight is 262 g/mol. The Kier molecular flexibility index (Phi) is 5.94. The summed E-state index contributed by atoms with van der Waals surface area (Å²) in [5.74, 6) is -3.14. The number of nitrogens with two attached hydrogens (primary N) is 1. The minimum atomic E-state index is -1.22. The first-order valence-corrected chi connectivity index (χ1v) is 5.68. The summed E-state index contributed by atoms with van der Waals surface area (Å²) in [4.78, 5) is 0. The minimum Gasteiger partial charge on any atom is -0.383 e. The molecule has 0 saturated carbocycles. The Hall–Kier alpha value is -1.27. The third kappa shape index (κ3) is 4.19. The van der Waals surface area contributed by atoms with Gasteiger partial charge in [0, 0.05) is 25.3 Å². The Bertz CT molecular complexity index is 388. The summed E-state index contributed by atoms with van der Waals surface area (Å²) in [6, 6.07) is 1.18. The molecule has 18 heavy (non-hydrogen) atoms. The molecule has 0 amide bonds. The summed E-state index contributed by atoms with van der Waals surface area (Å²) in [6.45, 7) is 0.791. The molecule has 0 aliphatic heterocycles. The topological polar surface area (TPSA) is 47.3 Å². The zero-order valence-electron chi connectivity index (χ0n) is 10.2. The molecule has 6 heteroatoms. The molecule has 0 aliphatic carbocycles. The second-order valence-corrected chi connectivity index (χ2v) is 3.98. The van der Waals surface area contributed by atoms with E-state index in [0.717, 1.165) is 6.07 Å². The quantitative estimate of drug-likeness (QED) is 0.741. The highest BCUT2D eigenvalue weighted by Crippen LogP contribution is 2.20. The second-order valence-electron chi connectivity index (χ2n) is 3.98. The summed E-state index contributed by atoms with van der Waals surface area (Å²) >= 11 is 0. The number of nitrogens with one attached hydrogen (secondary N) is 1. The Balaban J connectivity index is 2.79. The largest absolute Gasteiger partial charge is 0.383 e. The van der Waals surface area contributed by atoms with Gasteiger partial charge in [0.05, 0.1) is 12.3 Å². The Labute approximate surface area is 104 Å². The van der Waals surface area contributed by atoms with Gasteiger partial charge in [-0.2, -0.15) is 0 Å². The first kappa shape index (κ1) is 14.8.